The maximum absolute atomic E-state index is 11.3. The first-order chi connectivity index (χ1) is 10.2. The third-order valence-corrected chi connectivity index (χ3v) is 3.77. The van der Waals surface area contributed by atoms with Gasteiger partial charge in [0.1, 0.15) is 5.65 Å². The Morgan fingerprint density at radius 1 is 1.10 bits per heavy atom. The third kappa shape index (κ3) is 1.84. The normalized spacial score (nSPS) is 11.3. The number of aromatic nitrogens is 3. The fourth-order valence-electron chi connectivity index (χ4n) is 2.69. The van der Waals surface area contributed by atoms with Gasteiger partial charge in [-0.15, -0.1) is 0 Å². The summed E-state index contributed by atoms with van der Waals surface area (Å²) in [5, 5.41) is 1.00. The highest BCUT2D eigenvalue weighted by atomic mass is 16.1. The lowest BCUT2D eigenvalue weighted by Crippen LogP contribution is -2.02. The van der Waals surface area contributed by atoms with E-state index in [0.29, 0.717) is 0 Å². The van der Waals surface area contributed by atoms with E-state index in [-0.39, 0.29) is 5.56 Å². The number of imidazole rings is 1. The molecule has 0 radical (unpaired) electrons. The minimum absolute atomic E-state index is 0.0841. The minimum atomic E-state index is -0.0841. The van der Waals surface area contributed by atoms with Gasteiger partial charge in [0.05, 0.1) is 5.69 Å². The van der Waals surface area contributed by atoms with Crippen molar-refractivity contribution in [1.82, 2.24) is 14.4 Å². The van der Waals surface area contributed by atoms with Gasteiger partial charge in [0.2, 0.25) is 5.56 Å². The summed E-state index contributed by atoms with van der Waals surface area (Å²) in [6.45, 7) is 2.06. The SMILES string of the molecule is Cc1c(-c2ccc3[nH]c(=O)ccc3c2)nc2ccccn12. The first kappa shape index (κ1) is 11.9. The van der Waals surface area contributed by atoms with E-state index in [2.05, 4.69) is 22.4 Å². The molecule has 0 aliphatic heterocycles. The molecule has 102 valence electrons. The molecule has 0 aliphatic rings. The standard InChI is InChI=1S/C17H13N3O/c1-11-17(19-15-4-2-3-9-20(11)15)13-5-7-14-12(10-13)6-8-16(21)18-14/h2-10H,1H3,(H,18,21). The van der Waals surface area contributed by atoms with Crippen LogP contribution in [0.15, 0.2) is 59.5 Å². The number of benzene rings is 1. The number of hydrogen-bond donors (Lipinski definition) is 1. The molecule has 0 saturated carbocycles. The fourth-order valence-corrected chi connectivity index (χ4v) is 2.69. The third-order valence-electron chi connectivity index (χ3n) is 3.77. The lowest BCUT2D eigenvalue weighted by molar-refractivity contribution is 1.11. The Balaban J connectivity index is 1.97. The zero-order valence-corrected chi connectivity index (χ0v) is 11.5. The summed E-state index contributed by atoms with van der Waals surface area (Å²) in [6.07, 6.45) is 2.01. The molecule has 1 N–H and O–H groups in total. The zero-order valence-electron chi connectivity index (χ0n) is 11.5. The van der Waals surface area contributed by atoms with Crippen LogP contribution >= 0.6 is 0 Å². The molecule has 0 fully saturated rings. The van der Waals surface area contributed by atoms with Gasteiger partial charge in [-0.3, -0.25) is 4.79 Å². The quantitative estimate of drug-likeness (QED) is 0.580. The maximum atomic E-state index is 11.3. The van der Waals surface area contributed by atoms with Crippen molar-refractivity contribution < 1.29 is 0 Å². The van der Waals surface area contributed by atoms with E-state index in [9.17, 15) is 4.79 Å². The Labute approximate surface area is 120 Å². The molecular weight excluding hydrogens is 262 g/mol. The molecule has 4 heteroatoms. The van der Waals surface area contributed by atoms with Gasteiger partial charge in [-0.2, -0.15) is 0 Å². The van der Waals surface area contributed by atoms with E-state index in [1.165, 1.54) is 0 Å². The van der Waals surface area contributed by atoms with Gasteiger partial charge >= 0.3 is 0 Å². The second-order valence-electron chi connectivity index (χ2n) is 5.10. The van der Waals surface area contributed by atoms with Crippen molar-refractivity contribution >= 4 is 16.6 Å². The number of nitrogens with one attached hydrogen (secondary N) is 1. The van der Waals surface area contributed by atoms with Gasteiger partial charge in [0.25, 0.3) is 0 Å². The molecule has 0 atom stereocenters. The number of nitrogens with zero attached hydrogens (tertiary/aromatic N) is 2. The van der Waals surface area contributed by atoms with Crippen LogP contribution in [0, 0.1) is 6.92 Å². The van der Waals surface area contributed by atoms with Crippen LogP contribution in [0.5, 0.6) is 0 Å². The van der Waals surface area contributed by atoms with Gasteiger partial charge in [0.15, 0.2) is 0 Å². The number of hydrogen-bond acceptors (Lipinski definition) is 2. The Morgan fingerprint density at radius 2 is 2.00 bits per heavy atom. The minimum Gasteiger partial charge on any atom is -0.322 e. The molecule has 0 bridgehead atoms. The van der Waals surface area contributed by atoms with Crippen LogP contribution in [0.25, 0.3) is 27.8 Å². The molecule has 0 aliphatic carbocycles. The number of pyridine rings is 2. The first-order valence-corrected chi connectivity index (χ1v) is 6.79. The maximum Gasteiger partial charge on any atom is 0.248 e. The van der Waals surface area contributed by atoms with Crippen molar-refractivity contribution in [2.45, 2.75) is 6.92 Å². The molecule has 0 spiro atoms. The number of aromatic amines is 1. The molecule has 3 heterocycles. The van der Waals surface area contributed by atoms with E-state index in [1.54, 1.807) is 6.07 Å². The molecule has 4 rings (SSSR count). The zero-order chi connectivity index (χ0) is 14.4. The summed E-state index contributed by atoms with van der Waals surface area (Å²) >= 11 is 0. The Hall–Kier alpha value is -2.88. The van der Waals surface area contributed by atoms with Crippen molar-refractivity contribution in [2.75, 3.05) is 0 Å². The van der Waals surface area contributed by atoms with Crippen molar-refractivity contribution in [2.24, 2.45) is 0 Å². The molecule has 1 aromatic carbocycles. The van der Waals surface area contributed by atoms with Gasteiger partial charge in [-0.05, 0) is 42.6 Å². The molecule has 0 saturated heterocycles. The average molecular weight is 275 g/mol. The summed E-state index contributed by atoms with van der Waals surface area (Å²) in [4.78, 5) is 18.9. The van der Waals surface area contributed by atoms with Gasteiger partial charge in [0, 0.05) is 29.0 Å². The smallest absolute Gasteiger partial charge is 0.248 e. The van der Waals surface area contributed by atoms with Crippen LogP contribution in [-0.2, 0) is 0 Å². The van der Waals surface area contributed by atoms with E-state index >= 15 is 0 Å². The fraction of sp³-hybridized carbons (Fsp3) is 0.0588. The van der Waals surface area contributed by atoms with Crippen molar-refractivity contribution in [3.05, 3.63) is 70.8 Å². The van der Waals surface area contributed by atoms with Gasteiger partial charge in [-0.1, -0.05) is 12.1 Å². The molecule has 4 nitrogen and oxygen atoms in total. The van der Waals surface area contributed by atoms with Crippen LogP contribution in [0.3, 0.4) is 0 Å². The summed E-state index contributed by atoms with van der Waals surface area (Å²) in [6, 6.07) is 15.3. The van der Waals surface area contributed by atoms with Crippen LogP contribution < -0.4 is 5.56 Å². The molecule has 0 unspecified atom stereocenters. The summed E-state index contributed by atoms with van der Waals surface area (Å²) in [7, 11) is 0. The van der Waals surface area contributed by atoms with E-state index in [0.717, 1.165) is 33.5 Å². The average Bonchev–Trinajstić information content (AvgIpc) is 2.84. The highest BCUT2D eigenvalue weighted by Crippen LogP contribution is 2.26. The first-order valence-electron chi connectivity index (χ1n) is 6.79. The molecule has 4 aromatic rings. The summed E-state index contributed by atoms with van der Waals surface area (Å²) in [5.41, 5.74) is 4.82. The summed E-state index contributed by atoms with van der Waals surface area (Å²) in [5.74, 6) is 0. The summed E-state index contributed by atoms with van der Waals surface area (Å²) < 4.78 is 2.08. The number of rotatable bonds is 1. The van der Waals surface area contributed by atoms with E-state index < -0.39 is 0 Å². The number of H-pyrrole nitrogens is 1. The van der Waals surface area contributed by atoms with Crippen LogP contribution in [0.2, 0.25) is 0 Å². The monoisotopic (exact) mass is 275 g/mol. The van der Waals surface area contributed by atoms with Crippen LogP contribution in [0.4, 0.5) is 0 Å². The second kappa shape index (κ2) is 4.31. The van der Waals surface area contributed by atoms with E-state index in [4.69, 9.17) is 4.98 Å². The predicted octanol–water partition coefficient (Wildman–Crippen LogP) is 3.15. The number of aryl methyl sites for hydroxylation is 1. The Kier molecular flexibility index (Phi) is 2.44. The molecule has 0 amide bonds. The lowest BCUT2D eigenvalue weighted by atomic mass is 10.1. The molecule has 21 heavy (non-hydrogen) atoms. The van der Waals surface area contributed by atoms with Gasteiger partial charge < -0.3 is 9.38 Å². The topological polar surface area (TPSA) is 50.2 Å². The van der Waals surface area contributed by atoms with Crippen molar-refractivity contribution in [3.63, 3.8) is 0 Å². The van der Waals surface area contributed by atoms with Crippen LogP contribution in [0.1, 0.15) is 5.69 Å². The Bertz CT molecular complexity index is 1030. The Morgan fingerprint density at radius 3 is 2.86 bits per heavy atom. The second-order valence-corrected chi connectivity index (χ2v) is 5.10. The number of fused-ring (bicyclic) bond motifs is 2. The highest BCUT2D eigenvalue weighted by molar-refractivity contribution is 5.84. The highest BCUT2D eigenvalue weighted by Gasteiger charge is 2.10. The predicted molar refractivity (Wildman–Crippen MR) is 83.5 cm³/mol. The molecular formula is C17H13N3O. The van der Waals surface area contributed by atoms with Gasteiger partial charge in [-0.25, -0.2) is 4.98 Å². The molecule has 3 aromatic heterocycles. The van der Waals surface area contributed by atoms with Crippen molar-refractivity contribution in [1.29, 1.82) is 0 Å². The van der Waals surface area contributed by atoms with E-state index in [1.807, 2.05) is 42.6 Å². The van der Waals surface area contributed by atoms with Crippen molar-refractivity contribution in [3.8, 4) is 11.3 Å². The van der Waals surface area contributed by atoms with Crippen LogP contribution in [-0.4, -0.2) is 14.4 Å². The lowest BCUT2D eigenvalue weighted by Gasteiger charge is -2.02. The largest absolute Gasteiger partial charge is 0.322 e.